The molecule has 0 bridgehead atoms. The van der Waals surface area contributed by atoms with Crippen molar-refractivity contribution in [3.8, 4) is 0 Å². The van der Waals surface area contributed by atoms with Crippen molar-refractivity contribution in [2.45, 2.75) is 19.4 Å². The molecular weight excluding hydrogens is 160 g/mol. The topological polar surface area (TPSA) is 69.6 Å². The summed E-state index contributed by atoms with van der Waals surface area (Å²) in [7, 11) is 0. The van der Waals surface area contributed by atoms with Crippen LogP contribution in [0.25, 0.3) is 0 Å². The summed E-state index contributed by atoms with van der Waals surface area (Å²) in [4.78, 5) is 22.6. The molecule has 2 N–H and O–H groups in total. The Hall–Kier alpha value is -1.26. The van der Waals surface area contributed by atoms with E-state index in [-0.39, 0.29) is 18.6 Å². The lowest BCUT2D eigenvalue weighted by Gasteiger charge is -2.10. The summed E-state index contributed by atoms with van der Waals surface area (Å²) < 4.78 is 0. The van der Waals surface area contributed by atoms with Crippen LogP contribution in [-0.4, -0.2) is 41.1 Å². The number of urea groups is 1. The SMILES string of the molecule is CCC1CN(CC(=O)O)C(=O)N1. The first kappa shape index (κ1) is 8.83. The molecule has 1 atom stereocenters. The first-order valence-corrected chi connectivity index (χ1v) is 3.90. The van der Waals surface area contributed by atoms with Crippen molar-refractivity contribution in [3.05, 3.63) is 0 Å². The lowest BCUT2D eigenvalue weighted by Crippen LogP contribution is -2.32. The number of hydrogen-bond acceptors (Lipinski definition) is 2. The fourth-order valence-electron chi connectivity index (χ4n) is 1.19. The van der Waals surface area contributed by atoms with Gasteiger partial charge in [0.15, 0.2) is 0 Å². The van der Waals surface area contributed by atoms with Crippen molar-refractivity contribution in [2.75, 3.05) is 13.1 Å². The van der Waals surface area contributed by atoms with Gasteiger partial charge in [0, 0.05) is 12.6 Å². The van der Waals surface area contributed by atoms with E-state index in [0.29, 0.717) is 6.54 Å². The molecule has 0 aliphatic carbocycles. The lowest BCUT2D eigenvalue weighted by molar-refractivity contribution is -0.137. The minimum atomic E-state index is -0.970. The van der Waals surface area contributed by atoms with Crippen molar-refractivity contribution in [1.82, 2.24) is 10.2 Å². The predicted molar refractivity (Wildman–Crippen MR) is 41.8 cm³/mol. The average Bonchev–Trinajstić information content (AvgIpc) is 2.31. The number of nitrogens with zero attached hydrogens (tertiary/aromatic N) is 1. The summed E-state index contributed by atoms with van der Waals surface area (Å²) in [5.41, 5.74) is 0. The Morgan fingerprint density at radius 1 is 1.83 bits per heavy atom. The van der Waals surface area contributed by atoms with Gasteiger partial charge in [0.2, 0.25) is 0 Å². The zero-order valence-corrected chi connectivity index (χ0v) is 6.91. The minimum absolute atomic E-state index is 0.108. The van der Waals surface area contributed by atoms with Gasteiger partial charge in [-0.2, -0.15) is 0 Å². The Labute approximate surface area is 70.4 Å². The molecule has 1 rings (SSSR count). The third-order valence-corrected chi connectivity index (χ3v) is 1.87. The molecule has 0 aromatic rings. The highest BCUT2D eigenvalue weighted by molar-refractivity contribution is 5.81. The second kappa shape index (κ2) is 3.42. The normalized spacial score (nSPS) is 22.6. The van der Waals surface area contributed by atoms with Crippen molar-refractivity contribution < 1.29 is 14.7 Å². The van der Waals surface area contributed by atoms with Crippen LogP contribution in [0.5, 0.6) is 0 Å². The number of aliphatic carboxylic acids is 1. The Morgan fingerprint density at radius 2 is 2.50 bits per heavy atom. The fraction of sp³-hybridized carbons (Fsp3) is 0.714. The van der Waals surface area contributed by atoms with Crippen molar-refractivity contribution in [2.24, 2.45) is 0 Å². The Kier molecular flexibility index (Phi) is 2.52. The molecule has 0 aromatic heterocycles. The summed E-state index contributed by atoms with van der Waals surface area (Å²) in [6, 6.07) is -0.166. The second-order valence-corrected chi connectivity index (χ2v) is 2.83. The maximum atomic E-state index is 11.0. The summed E-state index contributed by atoms with van der Waals surface area (Å²) in [5.74, 6) is -0.970. The summed E-state index contributed by atoms with van der Waals surface area (Å²) in [6.07, 6.45) is 0.835. The maximum absolute atomic E-state index is 11.0. The number of carbonyl (C=O) groups is 2. The van der Waals surface area contributed by atoms with Gasteiger partial charge in [-0.25, -0.2) is 4.79 Å². The molecule has 5 heteroatoms. The van der Waals surface area contributed by atoms with Crippen molar-refractivity contribution in [3.63, 3.8) is 0 Å². The van der Waals surface area contributed by atoms with Gasteiger partial charge >= 0.3 is 12.0 Å². The van der Waals surface area contributed by atoms with E-state index in [1.54, 1.807) is 0 Å². The van der Waals surface area contributed by atoms with Crippen LogP contribution in [0, 0.1) is 0 Å². The molecule has 1 aliphatic heterocycles. The largest absolute Gasteiger partial charge is 0.480 e. The van der Waals surface area contributed by atoms with Crippen LogP contribution in [0.3, 0.4) is 0 Å². The van der Waals surface area contributed by atoms with Crippen molar-refractivity contribution >= 4 is 12.0 Å². The minimum Gasteiger partial charge on any atom is -0.480 e. The van der Waals surface area contributed by atoms with E-state index in [2.05, 4.69) is 5.32 Å². The fourth-order valence-corrected chi connectivity index (χ4v) is 1.19. The molecule has 1 saturated heterocycles. The number of hydrogen-bond donors (Lipinski definition) is 2. The Bertz CT molecular complexity index is 205. The third kappa shape index (κ3) is 1.87. The molecule has 5 nitrogen and oxygen atoms in total. The molecule has 0 spiro atoms. The molecule has 1 fully saturated rings. The summed E-state index contributed by atoms with van der Waals surface area (Å²) >= 11 is 0. The number of amides is 2. The second-order valence-electron chi connectivity index (χ2n) is 2.83. The number of rotatable bonds is 3. The third-order valence-electron chi connectivity index (χ3n) is 1.87. The molecule has 68 valence electrons. The van der Waals surface area contributed by atoms with E-state index in [4.69, 9.17) is 5.11 Å². The van der Waals surface area contributed by atoms with Crippen LogP contribution < -0.4 is 5.32 Å². The van der Waals surface area contributed by atoms with Crippen LogP contribution >= 0.6 is 0 Å². The first-order valence-electron chi connectivity index (χ1n) is 3.90. The van der Waals surface area contributed by atoms with Gasteiger partial charge in [-0.3, -0.25) is 4.79 Å². The van der Waals surface area contributed by atoms with Gasteiger partial charge < -0.3 is 15.3 Å². The van der Waals surface area contributed by atoms with Gasteiger partial charge in [0.25, 0.3) is 0 Å². The zero-order chi connectivity index (χ0) is 9.14. The monoisotopic (exact) mass is 172 g/mol. The van der Waals surface area contributed by atoms with E-state index in [1.807, 2.05) is 6.92 Å². The standard InChI is InChI=1S/C7H12N2O3/c1-2-5-3-9(4-6(10)11)7(12)8-5/h5H,2-4H2,1H3,(H,8,12)(H,10,11). The molecule has 1 aliphatic rings. The van der Waals surface area contributed by atoms with Gasteiger partial charge in [-0.15, -0.1) is 0 Å². The Balaban J connectivity index is 2.46. The molecule has 0 aromatic carbocycles. The van der Waals surface area contributed by atoms with Crippen LogP contribution in [-0.2, 0) is 4.79 Å². The van der Waals surface area contributed by atoms with Gasteiger partial charge in [0.05, 0.1) is 0 Å². The lowest BCUT2D eigenvalue weighted by atomic mass is 10.2. The van der Waals surface area contributed by atoms with E-state index in [9.17, 15) is 9.59 Å². The van der Waals surface area contributed by atoms with Crippen molar-refractivity contribution in [1.29, 1.82) is 0 Å². The van der Waals surface area contributed by atoms with E-state index in [1.165, 1.54) is 4.90 Å². The van der Waals surface area contributed by atoms with Crippen LogP contribution in [0.15, 0.2) is 0 Å². The van der Waals surface area contributed by atoms with E-state index >= 15 is 0 Å². The van der Waals surface area contributed by atoms with Gasteiger partial charge in [-0.1, -0.05) is 6.92 Å². The average molecular weight is 172 g/mol. The maximum Gasteiger partial charge on any atom is 0.323 e. The highest BCUT2D eigenvalue weighted by Crippen LogP contribution is 2.05. The van der Waals surface area contributed by atoms with Gasteiger partial charge in [-0.05, 0) is 6.42 Å². The van der Waals surface area contributed by atoms with Crippen LogP contribution in [0.2, 0.25) is 0 Å². The smallest absolute Gasteiger partial charge is 0.323 e. The molecule has 2 amide bonds. The molecule has 1 unspecified atom stereocenters. The number of carboxylic acid groups (broad SMARTS) is 1. The molecule has 0 saturated carbocycles. The van der Waals surface area contributed by atoms with Crippen LogP contribution in [0.1, 0.15) is 13.3 Å². The molecule has 12 heavy (non-hydrogen) atoms. The van der Waals surface area contributed by atoms with Crippen LogP contribution in [0.4, 0.5) is 4.79 Å². The summed E-state index contributed by atoms with van der Waals surface area (Å²) in [6.45, 7) is 2.25. The highest BCUT2D eigenvalue weighted by atomic mass is 16.4. The van der Waals surface area contributed by atoms with Gasteiger partial charge in [0.1, 0.15) is 6.54 Å². The van der Waals surface area contributed by atoms with E-state index < -0.39 is 5.97 Å². The molecule has 1 heterocycles. The number of carboxylic acids is 1. The summed E-state index contributed by atoms with van der Waals surface area (Å²) in [5, 5.41) is 11.1. The number of nitrogens with one attached hydrogen (secondary N) is 1. The number of carbonyl (C=O) groups excluding carboxylic acids is 1. The Morgan fingerprint density at radius 3 is 2.92 bits per heavy atom. The molecular formula is C7H12N2O3. The molecule has 0 radical (unpaired) electrons. The predicted octanol–water partition coefficient (Wildman–Crippen LogP) is -0.125. The quantitative estimate of drug-likeness (QED) is 0.623. The highest BCUT2D eigenvalue weighted by Gasteiger charge is 2.28. The van der Waals surface area contributed by atoms with E-state index in [0.717, 1.165) is 6.42 Å². The zero-order valence-electron chi connectivity index (χ0n) is 6.91. The first-order chi connectivity index (χ1) is 5.63.